The molecule has 0 radical (unpaired) electrons. The lowest BCUT2D eigenvalue weighted by Crippen LogP contribution is -2.09. The summed E-state index contributed by atoms with van der Waals surface area (Å²) < 4.78 is 1.83. The molecule has 2 heterocycles. The van der Waals surface area contributed by atoms with Crippen molar-refractivity contribution in [3.8, 4) is 0 Å². The van der Waals surface area contributed by atoms with Crippen molar-refractivity contribution in [3.05, 3.63) is 48.8 Å². The van der Waals surface area contributed by atoms with E-state index in [0.717, 1.165) is 16.7 Å². The molecule has 0 aliphatic rings. The molecule has 0 spiro atoms. The first-order chi connectivity index (χ1) is 8.43. The normalized spacial score (nSPS) is 10.6. The molecule has 1 aromatic carbocycles. The van der Waals surface area contributed by atoms with Gasteiger partial charge >= 0.3 is 0 Å². The summed E-state index contributed by atoms with van der Waals surface area (Å²) in [5.41, 5.74) is 2.94. The summed E-state index contributed by atoms with van der Waals surface area (Å²) in [5, 5.41) is 11.5. The van der Waals surface area contributed by atoms with Gasteiger partial charge in [0.15, 0.2) is 0 Å². The van der Waals surface area contributed by atoms with E-state index in [-0.39, 0.29) is 0 Å². The fourth-order valence-electron chi connectivity index (χ4n) is 1.67. The van der Waals surface area contributed by atoms with Crippen LogP contribution in [0.2, 0.25) is 0 Å². The summed E-state index contributed by atoms with van der Waals surface area (Å²) in [7, 11) is 0. The van der Waals surface area contributed by atoms with Crippen LogP contribution in [0.25, 0.3) is 11.0 Å². The number of nitrogens with zero attached hydrogens (tertiary/aromatic N) is 4. The number of fused-ring (bicyclic) bond motifs is 1. The quantitative estimate of drug-likeness (QED) is 0.739. The second-order valence-corrected chi connectivity index (χ2v) is 3.65. The van der Waals surface area contributed by atoms with Gasteiger partial charge in [0.05, 0.1) is 5.52 Å². The van der Waals surface area contributed by atoms with Crippen LogP contribution in [0.1, 0.15) is 0 Å². The van der Waals surface area contributed by atoms with Crippen molar-refractivity contribution in [2.45, 2.75) is 6.67 Å². The maximum absolute atomic E-state index is 4.10. The highest BCUT2D eigenvalue weighted by Gasteiger charge is 2.01. The predicted molar refractivity (Wildman–Crippen MR) is 65.4 cm³/mol. The molecule has 0 amide bonds. The largest absolute Gasteiger partial charge is 0.366 e. The Morgan fingerprint density at radius 2 is 1.88 bits per heavy atom. The summed E-state index contributed by atoms with van der Waals surface area (Å²) in [5.74, 6) is 0. The average Bonchev–Trinajstić information content (AvgIpc) is 2.81. The lowest BCUT2D eigenvalue weighted by atomic mass is 10.3. The van der Waals surface area contributed by atoms with Gasteiger partial charge in [-0.1, -0.05) is 17.3 Å². The smallest absolute Gasteiger partial charge is 0.113 e. The lowest BCUT2D eigenvalue weighted by molar-refractivity contribution is 0.655. The van der Waals surface area contributed by atoms with Gasteiger partial charge < -0.3 is 5.32 Å². The number of benzene rings is 1. The van der Waals surface area contributed by atoms with Crippen molar-refractivity contribution < 1.29 is 0 Å². The van der Waals surface area contributed by atoms with Gasteiger partial charge in [-0.3, -0.25) is 4.98 Å². The highest BCUT2D eigenvalue weighted by molar-refractivity contribution is 5.73. The summed E-state index contributed by atoms with van der Waals surface area (Å²) >= 11 is 0. The molecule has 2 aromatic heterocycles. The van der Waals surface area contributed by atoms with Gasteiger partial charge in [0.25, 0.3) is 0 Å². The minimum atomic E-state index is 0.588. The Labute approximate surface area is 98.1 Å². The van der Waals surface area contributed by atoms with Crippen molar-refractivity contribution >= 4 is 16.7 Å². The zero-order chi connectivity index (χ0) is 11.5. The molecule has 0 unspecified atom stereocenters. The SMILES string of the molecule is c1ccc2c(c1)nnn2CNc1ccncc1. The van der Waals surface area contributed by atoms with E-state index in [1.54, 1.807) is 12.4 Å². The van der Waals surface area contributed by atoms with E-state index in [9.17, 15) is 0 Å². The maximum atomic E-state index is 4.10. The molecule has 0 aliphatic carbocycles. The van der Waals surface area contributed by atoms with Crippen LogP contribution in [0.3, 0.4) is 0 Å². The Hall–Kier alpha value is -2.43. The molecule has 5 heteroatoms. The van der Waals surface area contributed by atoms with Gasteiger partial charge in [-0.25, -0.2) is 4.68 Å². The molecular weight excluding hydrogens is 214 g/mol. The van der Waals surface area contributed by atoms with Crippen LogP contribution in [0.5, 0.6) is 0 Å². The van der Waals surface area contributed by atoms with Gasteiger partial charge in [0.2, 0.25) is 0 Å². The number of para-hydroxylation sites is 1. The van der Waals surface area contributed by atoms with Crippen LogP contribution in [-0.4, -0.2) is 20.0 Å². The Morgan fingerprint density at radius 3 is 2.76 bits per heavy atom. The number of rotatable bonds is 3. The van der Waals surface area contributed by atoms with E-state index in [0.29, 0.717) is 6.67 Å². The van der Waals surface area contributed by atoms with Gasteiger partial charge in [0, 0.05) is 18.1 Å². The fourth-order valence-corrected chi connectivity index (χ4v) is 1.67. The molecule has 0 aliphatic heterocycles. The number of pyridine rings is 1. The zero-order valence-corrected chi connectivity index (χ0v) is 9.11. The Kier molecular flexibility index (Phi) is 2.42. The highest BCUT2D eigenvalue weighted by Crippen LogP contribution is 2.10. The number of nitrogens with one attached hydrogen (secondary N) is 1. The number of hydrogen-bond donors (Lipinski definition) is 1. The topological polar surface area (TPSA) is 55.6 Å². The lowest BCUT2D eigenvalue weighted by Gasteiger charge is -2.05. The molecule has 5 nitrogen and oxygen atoms in total. The minimum Gasteiger partial charge on any atom is -0.366 e. The molecule has 3 aromatic rings. The Bertz CT molecular complexity index is 617. The summed E-state index contributed by atoms with van der Waals surface area (Å²) in [6.45, 7) is 0.588. The third-order valence-corrected chi connectivity index (χ3v) is 2.53. The fraction of sp³-hybridized carbons (Fsp3) is 0.0833. The van der Waals surface area contributed by atoms with E-state index in [4.69, 9.17) is 0 Å². The van der Waals surface area contributed by atoms with Crippen molar-refractivity contribution in [1.29, 1.82) is 0 Å². The van der Waals surface area contributed by atoms with Crippen LogP contribution in [0, 0.1) is 0 Å². The molecule has 0 bridgehead atoms. The molecule has 84 valence electrons. The molecule has 1 N–H and O–H groups in total. The molecule has 0 saturated heterocycles. The summed E-state index contributed by atoms with van der Waals surface area (Å²) in [6, 6.07) is 11.7. The van der Waals surface area contributed by atoms with Gasteiger partial charge in [0.1, 0.15) is 12.2 Å². The van der Waals surface area contributed by atoms with Gasteiger partial charge in [-0.05, 0) is 24.3 Å². The number of anilines is 1. The number of hydrogen-bond acceptors (Lipinski definition) is 4. The van der Waals surface area contributed by atoms with Crippen molar-refractivity contribution in [2.24, 2.45) is 0 Å². The minimum absolute atomic E-state index is 0.588. The van der Waals surface area contributed by atoms with Crippen molar-refractivity contribution in [3.63, 3.8) is 0 Å². The Morgan fingerprint density at radius 1 is 1.06 bits per heavy atom. The Balaban J connectivity index is 1.82. The van der Waals surface area contributed by atoms with E-state index in [1.165, 1.54) is 0 Å². The van der Waals surface area contributed by atoms with Crippen LogP contribution in [0.4, 0.5) is 5.69 Å². The second-order valence-electron chi connectivity index (χ2n) is 3.65. The van der Waals surface area contributed by atoms with E-state index in [1.807, 2.05) is 41.1 Å². The summed E-state index contributed by atoms with van der Waals surface area (Å²) in [6.07, 6.45) is 3.50. The first-order valence-corrected chi connectivity index (χ1v) is 5.35. The van der Waals surface area contributed by atoms with Crippen molar-refractivity contribution in [2.75, 3.05) is 5.32 Å². The average molecular weight is 225 g/mol. The summed E-state index contributed by atoms with van der Waals surface area (Å²) in [4.78, 5) is 3.97. The molecule has 0 atom stereocenters. The van der Waals surface area contributed by atoms with Crippen molar-refractivity contribution in [1.82, 2.24) is 20.0 Å². The standard InChI is InChI=1S/C12H11N5/c1-2-4-12-11(3-1)15-16-17(12)9-14-10-5-7-13-8-6-10/h1-8H,9H2,(H,13,14). The van der Waals surface area contributed by atoms with Gasteiger partial charge in [-0.15, -0.1) is 5.10 Å². The molecule has 17 heavy (non-hydrogen) atoms. The first kappa shape index (κ1) is 9.77. The number of aromatic nitrogens is 4. The van der Waals surface area contributed by atoms with Crippen LogP contribution in [-0.2, 0) is 6.67 Å². The third kappa shape index (κ3) is 1.94. The molecule has 0 saturated carbocycles. The van der Waals surface area contributed by atoms with Crippen LogP contribution >= 0.6 is 0 Å². The predicted octanol–water partition coefficient (Wildman–Crippen LogP) is 1.90. The molecular formula is C12H11N5. The van der Waals surface area contributed by atoms with Crippen LogP contribution < -0.4 is 5.32 Å². The third-order valence-electron chi connectivity index (χ3n) is 2.53. The van der Waals surface area contributed by atoms with E-state index >= 15 is 0 Å². The van der Waals surface area contributed by atoms with E-state index in [2.05, 4.69) is 20.6 Å². The molecule has 3 rings (SSSR count). The van der Waals surface area contributed by atoms with E-state index < -0.39 is 0 Å². The van der Waals surface area contributed by atoms with Gasteiger partial charge in [-0.2, -0.15) is 0 Å². The zero-order valence-electron chi connectivity index (χ0n) is 9.11. The maximum Gasteiger partial charge on any atom is 0.113 e. The second kappa shape index (κ2) is 4.21. The monoisotopic (exact) mass is 225 g/mol. The molecule has 0 fully saturated rings. The first-order valence-electron chi connectivity index (χ1n) is 5.35. The highest BCUT2D eigenvalue weighted by atomic mass is 15.4. The van der Waals surface area contributed by atoms with Crippen LogP contribution in [0.15, 0.2) is 48.8 Å².